The molecule has 4 nitrogen and oxygen atoms in total. The van der Waals surface area contributed by atoms with Crippen LogP contribution < -0.4 is 0 Å². The van der Waals surface area contributed by atoms with Crippen molar-refractivity contribution in [2.75, 3.05) is 6.61 Å². The van der Waals surface area contributed by atoms with Crippen LogP contribution in [0.3, 0.4) is 0 Å². The second kappa shape index (κ2) is 5.08. The summed E-state index contributed by atoms with van der Waals surface area (Å²) in [5, 5.41) is 15.9. The van der Waals surface area contributed by atoms with Crippen LogP contribution in [0.1, 0.15) is 45.0 Å². The maximum Gasteiger partial charge on any atom is 0.0848 e. The van der Waals surface area contributed by atoms with Crippen molar-refractivity contribution in [1.82, 2.24) is 9.78 Å². The quantitative estimate of drug-likeness (QED) is 0.929. The number of rotatable bonds is 3. The summed E-state index contributed by atoms with van der Waals surface area (Å²) in [7, 11) is 0. The van der Waals surface area contributed by atoms with Gasteiger partial charge in [-0.15, -0.1) is 0 Å². The largest absolute Gasteiger partial charge is 0.389 e. The summed E-state index contributed by atoms with van der Waals surface area (Å²) in [5.74, 6) is 0. The van der Waals surface area contributed by atoms with E-state index in [-0.39, 0.29) is 5.60 Å². The van der Waals surface area contributed by atoms with Crippen molar-refractivity contribution in [2.24, 2.45) is 0 Å². The molecule has 5 heteroatoms. The van der Waals surface area contributed by atoms with Crippen LogP contribution in [0.4, 0.5) is 0 Å². The molecule has 0 amide bonds. The van der Waals surface area contributed by atoms with Crippen LogP contribution in [0.25, 0.3) is 0 Å². The van der Waals surface area contributed by atoms with Gasteiger partial charge in [0.15, 0.2) is 0 Å². The molecular formula is C14H23ClN2O2. The summed E-state index contributed by atoms with van der Waals surface area (Å²) in [5.41, 5.74) is 0.714. The van der Waals surface area contributed by atoms with Crippen LogP contribution in [-0.2, 0) is 17.7 Å². The van der Waals surface area contributed by atoms with Crippen LogP contribution in [0.15, 0.2) is 0 Å². The molecule has 0 saturated carbocycles. The summed E-state index contributed by atoms with van der Waals surface area (Å²) >= 11 is 6.32. The van der Waals surface area contributed by atoms with E-state index in [0.717, 1.165) is 17.9 Å². The Labute approximate surface area is 119 Å². The highest BCUT2D eigenvalue weighted by molar-refractivity contribution is 6.31. The van der Waals surface area contributed by atoms with E-state index < -0.39 is 5.60 Å². The van der Waals surface area contributed by atoms with Crippen molar-refractivity contribution in [2.45, 2.75) is 64.7 Å². The van der Waals surface area contributed by atoms with Crippen LogP contribution in [0, 0.1) is 6.92 Å². The van der Waals surface area contributed by atoms with Crippen LogP contribution in [0.5, 0.6) is 0 Å². The van der Waals surface area contributed by atoms with Gasteiger partial charge in [-0.2, -0.15) is 5.10 Å². The van der Waals surface area contributed by atoms with Crippen LogP contribution in [0.2, 0.25) is 5.02 Å². The Morgan fingerprint density at radius 1 is 1.47 bits per heavy atom. The van der Waals surface area contributed by atoms with Gasteiger partial charge >= 0.3 is 0 Å². The molecule has 0 bridgehead atoms. The van der Waals surface area contributed by atoms with Crippen molar-refractivity contribution >= 4 is 11.6 Å². The van der Waals surface area contributed by atoms with E-state index in [9.17, 15) is 5.11 Å². The minimum atomic E-state index is -0.759. The van der Waals surface area contributed by atoms with E-state index in [1.807, 2.05) is 32.4 Å². The molecule has 1 aliphatic rings. The third kappa shape index (κ3) is 3.12. The maximum atomic E-state index is 10.8. The topological polar surface area (TPSA) is 47.3 Å². The SMILES string of the molecule is CCn1nc(C)c(Cl)c1CC1(O)CCOC(C)(C)C1. The molecule has 1 aromatic rings. The number of aliphatic hydroxyl groups is 1. The monoisotopic (exact) mass is 286 g/mol. The lowest BCUT2D eigenvalue weighted by atomic mass is 9.81. The Hall–Kier alpha value is -0.580. The molecule has 0 aliphatic carbocycles. The lowest BCUT2D eigenvalue weighted by Gasteiger charge is -2.41. The second-order valence-corrected chi connectivity index (χ2v) is 6.48. The first kappa shape index (κ1) is 14.8. The number of aromatic nitrogens is 2. The zero-order valence-electron chi connectivity index (χ0n) is 12.2. The molecule has 1 saturated heterocycles. The third-order valence-corrected chi connectivity index (χ3v) is 4.26. The van der Waals surface area contributed by atoms with Crippen molar-refractivity contribution in [3.8, 4) is 0 Å². The van der Waals surface area contributed by atoms with Crippen molar-refractivity contribution in [3.63, 3.8) is 0 Å². The Morgan fingerprint density at radius 3 is 2.74 bits per heavy atom. The first-order valence-electron chi connectivity index (χ1n) is 6.84. The van der Waals surface area contributed by atoms with Gasteiger partial charge in [0.1, 0.15) is 0 Å². The van der Waals surface area contributed by atoms with Gasteiger partial charge in [0.2, 0.25) is 0 Å². The minimum absolute atomic E-state index is 0.286. The lowest BCUT2D eigenvalue weighted by molar-refractivity contribution is -0.143. The smallest absolute Gasteiger partial charge is 0.0848 e. The van der Waals surface area contributed by atoms with E-state index in [1.165, 1.54) is 0 Å². The predicted octanol–water partition coefficient (Wildman–Crippen LogP) is 2.73. The van der Waals surface area contributed by atoms with Gasteiger partial charge in [-0.25, -0.2) is 0 Å². The Bertz CT molecular complexity index is 470. The molecule has 108 valence electrons. The number of nitrogens with zero attached hydrogens (tertiary/aromatic N) is 2. The van der Waals surface area contributed by atoms with Gasteiger partial charge in [-0.05, 0) is 34.1 Å². The average Bonchev–Trinajstić information content (AvgIpc) is 2.54. The van der Waals surface area contributed by atoms with E-state index in [1.54, 1.807) is 0 Å². The standard InChI is InChI=1S/C14H23ClN2O2/c1-5-17-11(12(15)10(2)16-17)8-14(18)6-7-19-13(3,4)9-14/h18H,5-9H2,1-4H3. The van der Waals surface area contributed by atoms with Crippen LogP contribution >= 0.6 is 11.6 Å². The lowest BCUT2D eigenvalue weighted by Crippen LogP contribution is -2.47. The predicted molar refractivity (Wildman–Crippen MR) is 75.6 cm³/mol. The molecule has 0 radical (unpaired) electrons. The Balaban J connectivity index is 2.25. The molecule has 1 aromatic heterocycles. The number of hydrogen-bond donors (Lipinski definition) is 1. The number of ether oxygens (including phenoxy) is 1. The van der Waals surface area contributed by atoms with E-state index in [4.69, 9.17) is 16.3 Å². The van der Waals surface area contributed by atoms with Gasteiger partial charge in [0.05, 0.1) is 34.2 Å². The maximum absolute atomic E-state index is 10.8. The minimum Gasteiger partial charge on any atom is -0.389 e. The molecule has 1 atom stereocenters. The molecule has 1 fully saturated rings. The Morgan fingerprint density at radius 2 is 2.16 bits per heavy atom. The summed E-state index contributed by atoms with van der Waals surface area (Å²) in [4.78, 5) is 0. The fourth-order valence-corrected chi connectivity index (χ4v) is 3.15. The second-order valence-electron chi connectivity index (χ2n) is 6.10. The van der Waals surface area contributed by atoms with Crippen LogP contribution in [-0.4, -0.2) is 32.7 Å². The van der Waals surface area contributed by atoms with Gasteiger partial charge in [-0.1, -0.05) is 11.6 Å². The highest BCUT2D eigenvalue weighted by atomic mass is 35.5. The summed E-state index contributed by atoms with van der Waals surface area (Å²) in [6.07, 6.45) is 1.79. The molecule has 1 N–H and O–H groups in total. The molecule has 2 rings (SSSR count). The van der Waals surface area contributed by atoms with E-state index in [2.05, 4.69) is 5.10 Å². The fraction of sp³-hybridized carbons (Fsp3) is 0.786. The first-order valence-corrected chi connectivity index (χ1v) is 7.22. The molecule has 1 unspecified atom stereocenters. The third-order valence-electron chi connectivity index (χ3n) is 3.76. The van der Waals surface area contributed by atoms with E-state index in [0.29, 0.717) is 30.9 Å². The molecular weight excluding hydrogens is 264 g/mol. The molecule has 0 aromatic carbocycles. The zero-order valence-corrected chi connectivity index (χ0v) is 12.9. The van der Waals surface area contributed by atoms with Gasteiger partial charge < -0.3 is 9.84 Å². The Kier molecular flexibility index (Phi) is 3.96. The zero-order chi connectivity index (χ0) is 14.3. The number of halogens is 1. The summed E-state index contributed by atoms with van der Waals surface area (Å²) < 4.78 is 7.56. The number of aryl methyl sites for hydroxylation is 2. The highest BCUT2D eigenvalue weighted by Gasteiger charge is 2.40. The summed E-state index contributed by atoms with van der Waals surface area (Å²) in [6.45, 7) is 9.31. The molecule has 0 spiro atoms. The van der Waals surface area contributed by atoms with Crippen molar-refractivity contribution in [1.29, 1.82) is 0 Å². The van der Waals surface area contributed by atoms with Gasteiger partial charge in [0.25, 0.3) is 0 Å². The van der Waals surface area contributed by atoms with E-state index >= 15 is 0 Å². The highest BCUT2D eigenvalue weighted by Crippen LogP contribution is 2.36. The fourth-order valence-electron chi connectivity index (χ4n) is 2.95. The van der Waals surface area contributed by atoms with Crippen molar-refractivity contribution < 1.29 is 9.84 Å². The van der Waals surface area contributed by atoms with Gasteiger partial charge in [0, 0.05) is 19.4 Å². The first-order chi connectivity index (χ1) is 8.76. The molecule has 1 aliphatic heterocycles. The van der Waals surface area contributed by atoms with Gasteiger partial charge in [-0.3, -0.25) is 4.68 Å². The average molecular weight is 287 g/mol. The molecule has 19 heavy (non-hydrogen) atoms. The normalized spacial score (nSPS) is 26.6. The number of hydrogen-bond acceptors (Lipinski definition) is 3. The molecule has 2 heterocycles. The van der Waals surface area contributed by atoms with Crippen molar-refractivity contribution in [3.05, 3.63) is 16.4 Å². The summed E-state index contributed by atoms with van der Waals surface area (Å²) in [6, 6.07) is 0.